The Morgan fingerprint density at radius 3 is 2.06 bits per heavy atom. The molecule has 1 atom stereocenters. The van der Waals surface area contributed by atoms with Crippen molar-refractivity contribution in [3.05, 3.63) is 35.9 Å². The number of methoxy groups -OCH3 is 3. The van der Waals surface area contributed by atoms with Gasteiger partial charge < -0.3 is 14.2 Å². The Morgan fingerprint density at radius 1 is 1.17 bits per heavy atom. The summed E-state index contributed by atoms with van der Waals surface area (Å²) in [6.45, 7) is 0. The maximum absolute atomic E-state index is 9.24. The molecule has 0 saturated heterocycles. The Labute approximate surface area is 106 Å². The van der Waals surface area contributed by atoms with Crippen LogP contribution in [-0.2, 0) is 14.2 Å². The third-order valence-corrected chi connectivity index (χ3v) is 2.69. The van der Waals surface area contributed by atoms with Crippen molar-refractivity contribution in [2.24, 2.45) is 0 Å². The predicted molar refractivity (Wildman–Crippen MR) is 66.3 cm³/mol. The van der Waals surface area contributed by atoms with Gasteiger partial charge in [0.15, 0.2) is 0 Å². The fraction of sp³-hybridized carbons (Fsp3) is 0.385. The summed E-state index contributed by atoms with van der Waals surface area (Å²) in [5, 5.41) is 17.3. The van der Waals surface area contributed by atoms with Gasteiger partial charge in [0, 0.05) is 21.3 Å². The molecule has 18 heavy (non-hydrogen) atoms. The SMILES string of the molecule is COC(OC)(OC)C(=N)C(C#N)c1ccccc1. The zero-order valence-electron chi connectivity index (χ0n) is 10.6. The Kier molecular flexibility index (Phi) is 4.98. The molecule has 0 aliphatic heterocycles. The lowest BCUT2D eigenvalue weighted by atomic mass is 9.94. The molecule has 0 amide bonds. The number of rotatable bonds is 6. The second-order valence-corrected chi connectivity index (χ2v) is 3.56. The van der Waals surface area contributed by atoms with Crippen molar-refractivity contribution in [1.82, 2.24) is 0 Å². The largest absolute Gasteiger partial charge is 0.326 e. The lowest BCUT2D eigenvalue weighted by molar-refractivity contribution is -0.304. The van der Waals surface area contributed by atoms with Crippen LogP contribution >= 0.6 is 0 Å². The monoisotopic (exact) mass is 248 g/mol. The van der Waals surface area contributed by atoms with E-state index in [2.05, 4.69) is 6.07 Å². The molecule has 0 spiro atoms. The van der Waals surface area contributed by atoms with E-state index in [0.717, 1.165) is 0 Å². The summed E-state index contributed by atoms with van der Waals surface area (Å²) in [6.07, 6.45) is 0. The second-order valence-electron chi connectivity index (χ2n) is 3.56. The van der Waals surface area contributed by atoms with E-state index in [4.69, 9.17) is 19.6 Å². The maximum Gasteiger partial charge on any atom is 0.326 e. The number of nitrogens with zero attached hydrogens (tertiary/aromatic N) is 1. The van der Waals surface area contributed by atoms with Crippen LogP contribution in [0.2, 0.25) is 0 Å². The van der Waals surface area contributed by atoms with Gasteiger partial charge in [-0.15, -0.1) is 0 Å². The molecular formula is C13H16N2O3. The Morgan fingerprint density at radius 2 is 1.67 bits per heavy atom. The molecule has 96 valence electrons. The molecule has 0 aromatic heterocycles. The summed E-state index contributed by atoms with van der Waals surface area (Å²) in [5.41, 5.74) is 0.601. The average molecular weight is 248 g/mol. The molecule has 1 N–H and O–H groups in total. The standard InChI is InChI=1S/C13H16N2O3/c1-16-13(17-2,18-3)12(15)11(9-14)10-7-5-4-6-8-10/h4-8,11,15H,1-3H3. The van der Waals surface area contributed by atoms with Gasteiger partial charge in [0.25, 0.3) is 0 Å². The molecule has 0 radical (unpaired) electrons. The molecule has 0 saturated carbocycles. The molecule has 0 fully saturated rings. The molecule has 1 rings (SSSR count). The first-order chi connectivity index (χ1) is 8.65. The van der Waals surface area contributed by atoms with Gasteiger partial charge in [0.05, 0.1) is 6.07 Å². The van der Waals surface area contributed by atoms with Crippen LogP contribution in [0.5, 0.6) is 0 Å². The second kappa shape index (κ2) is 6.26. The zero-order valence-corrected chi connectivity index (χ0v) is 10.6. The number of nitriles is 1. The Balaban J connectivity index is 3.11. The minimum Gasteiger partial charge on any atom is -0.326 e. The van der Waals surface area contributed by atoms with Crippen molar-refractivity contribution in [2.75, 3.05) is 21.3 Å². The van der Waals surface area contributed by atoms with E-state index in [1.165, 1.54) is 21.3 Å². The predicted octanol–water partition coefficient (Wildman–Crippen LogP) is 1.91. The molecule has 0 aliphatic rings. The van der Waals surface area contributed by atoms with Gasteiger partial charge in [0.1, 0.15) is 11.6 Å². The normalized spacial score (nSPS) is 12.8. The first-order valence-electron chi connectivity index (χ1n) is 5.34. The molecule has 1 aromatic rings. The van der Waals surface area contributed by atoms with Crippen molar-refractivity contribution in [1.29, 1.82) is 10.7 Å². The van der Waals surface area contributed by atoms with Gasteiger partial charge in [-0.2, -0.15) is 5.26 Å². The minimum absolute atomic E-state index is 0.0938. The van der Waals surface area contributed by atoms with Gasteiger partial charge in [-0.05, 0) is 5.56 Å². The molecule has 0 heterocycles. The molecular weight excluding hydrogens is 232 g/mol. The molecule has 1 aromatic carbocycles. The van der Waals surface area contributed by atoms with Crippen molar-refractivity contribution in [3.8, 4) is 6.07 Å². The Bertz CT molecular complexity index is 427. The highest BCUT2D eigenvalue weighted by Crippen LogP contribution is 2.25. The average Bonchev–Trinajstić information content (AvgIpc) is 2.43. The molecule has 0 bridgehead atoms. The van der Waals surface area contributed by atoms with E-state index in [-0.39, 0.29) is 5.71 Å². The maximum atomic E-state index is 9.24. The molecule has 1 unspecified atom stereocenters. The van der Waals surface area contributed by atoms with Crippen LogP contribution in [-0.4, -0.2) is 33.0 Å². The van der Waals surface area contributed by atoms with Crippen LogP contribution in [0, 0.1) is 16.7 Å². The highest BCUT2D eigenvalue weighted by Gasteiger charge is 2.41. The van der Waals surface area contributed by atoms with Crippen molar-refractivity contribution in [2.45, 2.75) is 11.9 Å². The van der Waals surface area contributed by atoms with Gasteiger partial charge in [-0.1, -0.05) is 30.3 Å². The first-order valence-corrected chi connectivity index (χ1v) is 5.34. The third-order valence-electron chi connectivity index (χ3n) is 2.69. The van der Waals surface area contributed by atoms with Gasteiger partial charge in [-0.25, -0.2) is 0 Å². The number of hydrogen-bond donors (Lipinski definition) is 1. The van der Waals surface area contributed by atoms with Crippen LogP contribution in [0.25, 0.3) is 0 Å². The van der Waals surface area contributed by atoms with Crippen LogP contribution in [0.15, 0.2) is 30.3 Å². The highest BCUT2D eigenvalue weighted by atomic mass is 16.9. The fourth-order valence-electron chi connectivity index (χ4n) is 1.71. The van der Waals surface area contributed by atoms with Gasteiger partial charge in [-0.3, -0.25) is 5.41 Å². The van der Waals surface area contributed by atoms with Crippen LogP contribution < -0.4 is 0 Å². The topological polar surface area (TPSA) is 75.3 Å². The summed E-state index contributed by atoms with van der Waals surface area (Å²) in [4.78, 5) is 0. The van der Waals surface area contributed by atoms with Gasteiger partial charge in [0.2, 0.25) is 0 Å². The van der Waals surface area contributed by atoms with Crippen molar-refractivity contribution >= 4 is 5.71 Å². The molecule has 5 heteroatoms. The summed E-state index contributed by atoms with van der Waals surface area (Å²) >= 11 is 0. The van der Waals surface area contributed by atoms with E-state index in [1.54, 1.807) is 24.3 Å². The Hall–Kier alpha value is -1.74. The van der Waals surface area contributed by atoms with Crippen LogP contribution in [0.4, 0.5) is 0 Å². The minimum atomic E-state index is -1.63. The van der Waals surface area contributed by atoms with Crippen molar-refractivity contribution < 1.29 is 14.2 Å². The summed E-state index contributed by atoms with van der Waals surface area (Å²) in [5.74, 6) is -2.41. The molecule has 0 aliphatic carbocycles. The third kappa shape index (κ3) is 2.57. The number of nitrogens with one attached hydrogen (secondary N) is 1. The van der Waals surface area contributed by atoms with E-state index < -0.39 is 11.9 Å². The number of benzene rings is 1. The summed E-state index contributed by atoms with van der Waals surface area (Å²) < 4.78 is 15.2. The summed E-state index contributed by atoms with van der Waals surface area (Å²) in [7, 11) is 4.09. The number of ether oxygens (including phenoxy) is 3. The van der Waals surface area contributed by atoms with E-state index in [9.17, 15) is 5.26 Å². The lowest BCUT2D eigenvalue weighted by Crippen LogP contribution is -2.46. The fourth-order valence-corrected chi connectivity index (χ4v) is 1.71. The smallest absolute Gasteiger partial charge is 0.326 e. The molecule has 5 nitrogen and oxygen atoms in total. The van der Waals surface area contributed by atoms with Crippen molar-refractivity contribution in [3.63, 3.8) is 0 Å². The van der Waals surface area contributed by atoms with E-state index in [0.29, 0.717) is 5.56 Å². The number of hydrogen-bond acceptors (Lipinski definition) is 5. The van der Waals surface area contributed by atoms with Gasteiger partial charge >= 0.3 is 5.97 Å². The summed E-state index contributed by atoms with van der Waals surface area (Å²) in [6, 6.07) is 11.1. The van der Waals surface area contributed by atoms with Crippen LogP contribution in [0.3, 0.4) is 0 Å². The zero-order chi connectivity index (χ0) is 13.6. The highest BCUT2D eigenvalue weighted by molar-refractivity contribution is 5.95. The van der Waals surface area contributed by atoms with E-state index >= 15 is 0 Å². The van der Waals surface area contributed by atoms with Crippen LogP contribution in [0.1, 0.15) is 11.5 Å². The lowest BCUT2D eigenvalue weighted by Gasteiger charge is -2.30. The van der Waals surface area contributed by atoms with E-state index in [1.807, 2.05) is 6.07 Å². The quantitative estimate of drug-likeness (QED) is 0.616. The first kappa shape index (κ1) is 14.3.